The number of hydrogen-bond donors (Lipinski definition) is 2. The molecule has 0 fully saturated rings. The highest BCUT2D eigenvalue weighted by Gasteiger charge is 2.33. The summed E-state index contributed by atoms with van der Waals surface area (Å²) in [5, 5.41) is 7.47. The molecular formula is C18H23F4IN4S. The average molecular weight is 530 g/mol. The van der Waals surface area contributed by atoms with Crippen molar-refractivity contribution in [2.45, 2.75) is 38.9 Å². The quantitative estimate of drug-likeness (QED) is 0.241. The number of nitrogens with one attached hydrogen (secondary N) is 2. The van der Waals surface area contributed by atoms with Gasteiger partial charge < -0.3 is 10.6 Å². The van der Waals surface area contributed by atoms with Gasteiger partial charge in [0.25, 0.3) is 0 Å². The molecule has 4 nitrogen and oxygen atoms in total. The molecule has 1 aromatic heterocycles. The number of aliphatic imine (C=N–C) groups is 1. The average Bonchev–Trinajstić information content (AvgIpc) is 3.07. The Morgan fingerprint density at radius 2 is 1.93 bits per heavy atom. The van der Waals surface area contributed by atoms with Crippen molar-refractivity contribution >= 4 is 41.3 Å². The van der Waals surface area contributed by atoms with E-state index in [1.54, 1.807) is 6.07 Å². The predicted octanol–water partition coefficient (Wildman–Crippen LogP) is 4.95. The molecule has 10 heteroatoms. The number of alkyl halides is 3. The highest BCUT2D eigenvalue weighted by molar-refractivity contribution is 14.0. The minimum absolute atomic E-state index is 0. The molecule has 1 heterocycles. The van der Waals surface area contributed by atoms with Gasteiger partial charge in [0.15, 0.2) is 11.7 Å². The van der Waals surface area contributed by atoms with E-state index in [0.29, 0.717) is 19.0 Å². The first-order chi connectivity index (χ1) is 12.6. The van der Waals surface area contributed by atoms with E-state index in [1.807, 2.05) is 26.8 Å². The van der Waals surface area contributed by atoms with Crippen LogP contribution >= 0.6 is 35.3 Å². The molecule has 0 aliphatic carbocycles. The van der Waals surface area contributed by atoms with E-state index in [0.717, 1.165) is 22.3 Å². The van der Waals surface area contributed by atoms with E-state index in [1.165, 1.54) is 12.1 Å². The highest BCUT2D eigenvalue weighted by Crippen LogP contribution is 2.30. The first-order valence-corrected chi connectivity index (χ1v) is 9.29. The van der Waals surface area contributed by atoms with Crippen LogP contribution in [-0.2, 0) is 18.1 Å². The number of aromatic nitrogens is 1. The van der Waals surface area contributed by atoms with Gasteiger partial charge in [-0.1, -0.05) is 26.0 Å². The number of benzene rings is 1. The molecule has 0 bridgehead atoms. The Morgan fingerprint density at radius 3 is 2.50 bits per heavy atom. The molecule has 2 N–H and O–H groups in total. The summed E-state index contributed by atoms with van der Waals surface area (Å²) in [6.07, 6.45) is -4.45. The summed E-state index contributed by atoms with van der Waals surface area (Å²) in [7, 11) is 0. The van der Waals surface area contributed by atoms with E-state index in [4.69, 9.17) is 0 Å². The third-order valence-electron chi connectivity index (χ3n) is 3.86. The Morgan fingerprint density at radius 1 is 1.21 bits per heavy atom. The van der Waals surface area contributed by atoms with Crippen molar-refractivity contribution in [2.24, 2.45) is 4.99 Å². The van der Waals surface area contributed by atoms with E-state index < -0.39 is 11.9 Å². The van der Waals surface area contributed by atoms with Gasteiger partial charge in [-0.3, -0.25) is 0 Å². The zero-order valence-corrected chi connectivity index (χ0v) is 18.9. The van der Waals surface area contributed by atoms with E-state index in [-0.39, 0.29) is 46.8 Å². The van der Waals surface area contributed by atoms with Crippen LogP contribution in [0.15, 0.2) is 34.6 Å². The first-order valence-electron chi connectivity index (χ1n) is 8.41. The van der Waals surface area contributed by atoms with Crippen LogP contribution in [0.4, 0.5) is 17.6 Å². The van der Waals surface area contributed by atoms with Crippen molar-refractivity contribution in [1.82, 2.24) is 15.6 Å². The monoisotopic (exact) mass is 530 g/mol. The third-order valence-corrected chi connectivity index (χ3v) is 4.70. The molecule has 1 aromatic carbocycles. The zero-order valence-electron chi connectivity index (χ0n) is 15.7. The van der Waals surface area contributed by atoms with Crippen LogP contribution in [0.25, 0.3) is 0 Å². The Labute approximate surface area is 182 Å². The van der Waals surface area contributed by atoms with Crippen LogP contribution in [-0.4, -0.2) is 24.0 Å². The smallest absolute Gasteiger partial charge is 0.357 e. The van der Waals surface area contributed by atoms with Crippen molar-refractivity contribution < 1.29 is 17.6 Å². The lowest BCUT2D eigenvalue weighted by Crippen LogP contribution is -2.43. The lowest BCUT2D eigenvalue weighted by Gasteiger charge is -2.26. The molecular weight excluding hydrogens is 507 g/mol. The normalized spacial score (nSPS) is 12.5. The number of rotatable bonds is 6. The van der Waals surface area contributed by atoms with Crippen LogP contribution in [0.1, 0.15) is 37.0 Å². The van der Waals surface area contributed by atoms with Crippen LogP contribution in [0, 0.1) is 5.82 Å². The Kier molecular flexibility index (Phi) is 9.12. The summed E-state index contributed by atoms with van der Waals surface area (Å²) < 4.78 is 51.3. The summed E-state index contributed by atoms with van der Waals surface area (Å²) in [6, 6.07) is 6.39. The standard InChI is InChI=1S/C18H22F4N4S.HI/c1-4-23-16(24-9-15-26-14(10-27-15)18(20,21)22)25-11-17(2,3)12-6-5-7-13(19)8-12;/h5-8,10H,4,9,11H2,1-3H3,(H2,23,24,25);1H. The van der Waals surface area contributed by atoms with Crippen molar-refractivity contribution in [3.63, 3.8) is 0 Å². The molecule has 2 rings (SSSR count). The van der Waals surface area contributed by atoms with Gasteiger partial charge in [-0.25, -0.2) is 14.4 Å². The van der Waals surface area contributed by atoms with Crippen molar-refractivity contribution in [3.05, 3.63) is 51.7 Å². The van der Waals surface area contributed by atoms with Gasteiger partial charge in [0, 0.05) is 23.9 Å². The molecule has 0 radical (unpaired) electrons. The Bertz CT molecular complexity index is 790. The third kappa shape index (κ3) is 7.19. The van der Waals surface area contributed by atoms with Gasteiger partial charge in [-0.05, 0) is 24.6 Å². The number of halogens is 5. The maximum atomic E-state index is 13.5. The van der Waals surface area contributed by atoms with Crippen LogP contribution in [0.5, 0.6) is 0 Å². The fourth-order valence-corrected chi connectivity index (χ4v) is 3.04. The molecule has 0 saturated carbocycles. The molecule has 28 heavy (non-hydrogen) atoms. The van der Waals surface area contributed by atoms with Crippen molar-refractivity contribution in [2.75, 3.05) is 13.1 Å². The van der Waals surface area contributed by atoms with Gasteiger partial charge in [0.1, 0.15) is 10.8 Å². The maximum absolute atomic E-state index is 13.5. The zero-order chi connectivity index (χ0) is 20.1. The molecule has 0 unspecified atom stereocenters. The van der Waals surface area contributed by atoms with Gasteiger partial charge in [0.05, 0.1) is 6.54 Å². The second-order valence-corrected chi connectivity index (χ2v) is 7.51. The molecule has 0 spiro atoms. The second kappa shape index (κ2) is 10.4. The van der Waals surface area contributed by atoms with Crippen molar-refractivity contribution in [3.8, 4) is 0 Å². The molecule has 0 aliphatic heterocycles. The van der Waals surface area contributed by atoms with Crippen molar-refractivity contribution in [1.29, 1.82) is 0 Å². The van der Waals surface area contributed by atoms with Crippen LogP contribution in [0.2, 0.25) is 0 Å². The van der Waals surface area contributed by atoms with Gasteiger partial charge >= 0.3 is 6.18 Å². The molecule has 2 aromatic rings. The molecule has 0 atom stereocenters. The summed E-state index contributed by atoms with van der Waals surface area (Å²) in [6.45, 7) is 6.92. The molecule has 0 aliphatic rings. The SMILES string of the molecule is CCNC(=NCc1nc(C(F)(F)F)cs1)NCC(C)(C)c1cccc(F)c1.I. The van der Waals surface area contributed by atoms with Gasteiger partial charge in [0.2, 0.25) is 0 Å². The van der Waals surface area contributed by atoms with Crippen LogP contribution in [0.3, 0.4) is 0 Å². The van der Waals surface area contributed by atoms with Gasteiger partial charge in [-0.2, -0.15) is 13.2 Å². The maximum Gasteiger partial charge on any atom is 0.434 e. The van der Waals surface area contributed by atoms with E-state index in [9.17, 15) is 17.6 Å². The summed E-state index contributed by atoms with van der Waals surface area (Å²) >= 11 is 0.923. The molecule has 0 saturated heterocycles. The topological polar surface area (TPSA) is 49.3 Å². The molecule has 0 amide bonds. The number of thiazole rings is 1. The lowest BCUT2D eigenvalue weighted by atomic mass is 9.84. The first kappa shape index (κ1) is 24.6. The highest BCUT2D eigenvalue weighted by atomic mass is 127. The van der Waals surface area contributed by atoms with E-state index >= 15 is 0 Å². The number of nitrogens with zero attached hydrogens (tertiary/aromatic N) is 2. The lowest BCUT2D eigenvalue weighted by molar-refractivity contribution is -0.140. The molecule has 156 valence electrons. The van der Waals surface area contributed by atoms with E-state index in [2.05, 4.69) is 20.6 Å². The number of hydrogen-bond acceptors (Lipinski definition) is 3. The Hall–Kier alpha value is -1.43. The summed E-state index contributed by atoms with van der Waals surface area (Å²) in [4.78, 5) is 7.86. The summed E-state index contributed by atoms with van der Waals surface area (Å²) in [5.74, 6) is 0.163. The minimum Gasteiger partial charge on any atom is -0.357 e. The number of guanidine groups is 1. The summed E-state index contributed by atoms with van der Waals surface area (Å²) in [5.41, 5.74) is -0.438. The van der Waals surface area contributed by atoms with Crippen LogP contribution < -0.4 is 10.6 Å². The fraction of sp³-hybridized carbons (Fsp3) is 0.444. The van der Waals surface area contributed by atoms with Gasteiger partial charge in [-0.15, -0.1) is 35.3 Å². The minimum atomic E-state index is -4.45. The second-order valence-electron chi connectivity index (χ2n) is 6.57. The fourth-order valence-electron chi connectivity index (χ4n) is 2.32. The predicted molar refractivity (Wildman–Crippen MR) is 115 cm³/mol. The Balaban J connectivity index is 0.00000392. The largest absolute Gasteiger partial charge is 0.434 e.